The second-order valence-corrected chi connectivity index (χ2v) is 4.26. The van der Waals surface area contributed by atoms with Crippen LogP contribution in [0.4, 0.5) is 0 Å². The Morgan fingerprint density at radius 2 is 2.00 bits per heavy atom. The lowest BCUT2D eigenvalue weighted by Crippen LogP contribution is -2.37. The maximum absolute atomic E-state index is 11.7. The molecule has 0 heterocycles. The van der Waals surface area contributed by atoms with Gasteiger partial charge in [-0.25, -0.2) is 0 Å². The Hall–Kier alpha value is -0.710. The zero-order valence-corrected chi connectivity index (χ0v) is 9.65. The molecule has 0 aromatic carbocycles. The number of aliphatic hydroxyl groups excluding tert-OH is 3. The highest BCUT2D eigenvalue weighted by atomic mass is 16.3. The van der Waals surface area contributed by atoms with E-state index in [0.717, 1.165) is 19.3 Å². The van der Waals surface area contributed by atoms with Gasteiger partial charge in [-0.2, -0.15) is 0 Å². The fourth-order valence-corrected chi connectivity index (χ4v) is 2.06. The summed E-state index contributed by atoms with van der Waals surface area (Å²) in [5.41, 5.74) is 0.827. The normalized spacial score (nSPS) is 26.4. The minimum absolute atomic E-state index is 0.0356. The maximum Gasteiger partial charge on any atom is 0.161 e. The summed E-state index contributed by atoms with van der Waals surface area (Å²) < 4.78 is 0. The first-order chi connectivity index (χ1) is 7.61. The van der Waals surface area contributed by atoms with E-state index in [1.807, 2.05) is 0 Å². The van der Waals surface area contributed by atoms with Gasteiger partial charge in [-0.15, -0.1) is 0 Å². The van der Waals surface area contributed by atoms with Gasteiger partial charge < -0.3 is 15.3 Å². The Balaban J connectivity index is 2.80. The minimum Gasteiger partial charge on any atom is -0.392 e. The summed E-state index contributed by atoms with van der Waals surface area (Å²) in [6, 6.07) is 0. The van der Waals surface area contributed by atoms with E-state index in [0.29, 0.717) is 17.6 Å². The van der Waals surface area contributed by atoms with Crippen LogP contribution in [0.15, 0.2) is 11.1 Å². The van der Waals surface area contributed by atoms with Gasteiger partial charge in [-0.1, -0.05) is 19.8 Å². The highest BCUT2D eigenvalue weighted by molar-refractivity contribution is 5.97. The summed E-state index contributed by atoms with van der Waals surface area (Å²) in [4.78, 5) is 11.7. The Bertz CT molecular complexity index is 283. The number of carbonyl (C=O) groups is 1. The van der Waals surface area contributed by atoms with Gasteiger partial charge in [-0.3, -0.25) is 4.79 Å². The van der Waals surface area contributed by atoms with Crippen LogP contribution in [0.25, 0.3) is 0 Å². The molecule has 0 aliphatic heterocycles. The molecule has 0 radical (unpaired) electrons. The van der Waals surface area contributed by atoms with Gasteiger partial charge in [0, 0.05) is 6.42 Å². The summed E-state index contributed by atoms with van der Waals surface area (Å²) in [5.74, 6) is -0.141. The molecule has 0 saturated heterocycles. The highest BCUT2D eigenvalue weighted by Gasteiger charge is 2.32. The number of unbranched alkanes of at least 4 members (excludes halogenated alkanes) is 2. The molecule has 4 heteroatoms. The number of hydrogen-bond acceptors (Lipinski definition) is 4. The molecule has 0 aromatic rings. The van der Waals surface area contributed by atoms with Crippen molar-refractivity contribution in [1.29, 1.82) is 0 Å². The third-order valence-corrected chi connectivity index (χ3v) is 3.04. The van der Waals surface area contributed by atoms with E-state index in [-0.39, 0.29) is 18.8 Å². The zero-order chi connectivity index (χ0) is 12.1. The number of allylic oxidation sites excluding steroid dienone is 1. The van der Waals surface area contributed by atoms with Crippen molar-refractivity contribution in [3.05, 3.63) is 11.1 Å². The molecule has 1 rings (SSSR count). The Kier molecular flexibility index (Phi) is 5.12. The van der Waals surface area contributed by atoms with Crippen molar-refractivity contribution in [2.75, 3.05) is 6.61 Å². The third-order valence-electron chi connectivity index (χ3n) is 3.04. The van der Waals surface area contributed by atoms with Crippen molar-refractivity contribution in [2.24, 2.45) is 0 Å². The number of carbonyl (C=O) groups excluding carboxylic acids is 1. The largest absolute Gasteiger partial charge is 0.392 e. The van der Waals surface area contributed by atoms with Gasteiger partial charge in [0.2, 0.25) is 0 Å². The predicted octanol–water partition coefficient (Wildman–Crippen LogP) is 0.550. The van der Waals surface area contributed by atoms with E-state index >= 15 is 0 Å². The third kappa shape index (κ3) is 2.90. The molecular weight excluding hydrogens is 208 g/mol. The molecule has 0 aromatic heterocycles. The van der Waals surface area contributed by atoms with Gasteiger partial charge in [0.25, 0.3) is 0 Å². The van der Waals surface area contributed by atoms with Crippen LogP contribution in [0.5, 0.6) is 0 Å². The van der Waals surface area contributed by atoms with Crippen LogP contribution >= 0.6 is 0 Å². The van der Waals surface area contributed by atoms with Crippen molar-refractivity contribution in [3.63, 3.8) is 0 Å². The molecule has 0 fully saturated rings. The molecule has 3 N–H and O–H groups in total. The summed E-state index contributed by atoms with van der Waals surface area (Å²) in [5, 5.41) is 28.2. The fourth-order valence-electron chi connectivity index (χ4n) is 2.06. The molecule has 0 unspecified atom stereocenters. The van der Waals surface area contributed by atoms with Crippen LogP contribution in [0, 0.1) is 0 Å². The fraction of sp³-hybridized carbons (Fsp3) is 0.750. The number of aliphatic hydroxyl groups is 3. The van der Waals surface area contributed by atoms with Gasteiger partial charge in [0.05, 0.1) is 12.7 Å². The first-order valence-electron chi connectivity index (χ1n) is 5.83. The van der Waals surface area contributed by atoms with Gasteiger partial charge >= 0.3 is 0 Å². The van der Waals surface area contributed by atoms with Gasteiger partial charge in [-0.05, 0) is 24.0 Å². The molecule has 92 valence electrons. The topological polar surface area (TPSA) is 77.8 Å². The lowest BCUT2D eigenvalue weighted by atomic mass is 9.84. The van der Waals surface area contributed by atoms with Crippen LogP contribution in [0.3, 0.4) is 0 Å². The zero-order valence-electron chi connectivity index (χ0n) is 9.65. The monoisotopic (exact) mass is 228 g/mol. The van der Waals surface area contributed by atoms with Gasteiger partial charge in [0.15, 0.2) is 5.78 Å². The smallest absolute Gasteiger partial charge is 0.161 e. The molecule has 2 atom stereocenters. The quantitative estimate of drug-likeness (QED) is 0.600. The van der Waals surface area contributed by atoms with Crippen LogP contribution < -0.4 is 0 Å². The molecular formula is C12H20O4. The van der Waals surface area contributed by atoms with E-state index in [4.69, 9.17) is 5.11 Å². The molecule has 0 spiro atoms. The van der Waals surface area contributed by atoms with Gasteiger partial charge in [0.1, 0.15) is 6.10 Å². The second-order valence-electron chi connectivity index (χ2n) is 4.26. The maximum atomic E-state index is 11.7. The Morgan fingerprint density at radius 1 is 1.31 bits per heavy atom. The summed E-state index contributed by atoms with van der Waals surface area (Å²) in [6.07, 6.45) is 1.36. The molecule has 0 amide bonds. The lowest BCUT2D eigenvalue weighted by molar-refractivity contribution is -0.120. The summed E-state index contributed by atoms with van der Waals surface area (Å²) in [7, 11) is 0. The molecule has 16 heavy (non-hydrogen) atoms. The number of Topliss-reactive ketones (excluding diaryl/α,β-unsaturated/α-hetero) is 1. The van der Waals surface area contributed by atoms with E-state index in [1.165, 1.54) is 0 Å². The second kappa shape index (κ2) is 6.13. The number of hydrogen-bond donors (Lipinski definition) is 3. The Labute approximate surface area is 95.6 Å². The van der Waals surface area contributed by atoms with Crippen LogP contribution in [-0.4, -0.2) is 39.9 Å². The van der Waals surface area contributed by atoms with Crippen molar-refractivity contribution >= 4 is 5.78 Å². The highest BCUT2D eigenvalue weighted by Crippen LogP contribution is 2.26. The number of rotatable bonds is 5. The van der Waals surface area contributed by atoms with Crippen LogP contribution in [0.1, 0.15) is 39.0 Å². The first-order valence-corrected chi connectivity index (χ1v) is 5.83. The van der Waals surface area contributed by atoms with E-state index < -0.39 is 12.2 Å². The molecule has 0 saturated carbocycles. The predicted molar refractivity (Wildman–Crippen MR) is 59.9 cm³/mol. The average Bonchev–Trinajstić information content (AvgIpc) is 2.26. The molecule has 1 aliphatic rings. The first kappa shape index (κ1) is 13.4. The van der Waals surface area contributed by atoms with E-state index in [2.05, 4.69) is 6.92 Å². The van der Waals surface area contributed by atoms with Crippen LogP contribution in [-0.2, 0) is 4.79 Å². The molecule has 4 nitrogen and oxygen atoms in total. The minimum atomic E-state index is -1.08. The summed E-state index contributed by atoms with van der Waals surface area (Å²) in [6.45, 7) is 1.72. The average molecular weight is 228 g/mol. The molecule has 0 bridgehead atoms. The lowest BCUT2D eigenvalue weighted by Gasteiger charge is -2.27. The van der Waals surface area contributed by atoms with E-state index in [1.54, 1.807) is 0 Å². The summed E-state index contributed by atoms with van der Waals surface area (Å²) >= 11 is 0. The SMILES string of the molecule is CCCCCC1=C(CO)[C@@H](O)[C@H](O)CC1=O. The van der Waals surface area contributed by atoms with Crippen molar-refractivity contribution in [1.82, 2.24) is 0 Å². The van der Waals surface area contributed by atoms with Crippen LogP contribution in [0.2, 0.25) is 0 Å². The van der Waals surface area contributed by atoms with Crippen molar-refractivity contribution in [3.8, 4) is 0 Å². The number of ketones is 1. The van der Waals surface area contributed by atoms with E-state index in [9.17, 15) is 15.0 Å². The van der Waals surface area contributed by atoms with Crippen molar-refractivity contribution in [2.45, 2.75) is 51.2 Å². The standard InChI is InChI=1S/C12H20O4/c1-2-3-4-5-8-9(7-13)12(16)11(15)6-10(8)14/h11-13,15-16H,2-7H2,1H3/t11-,12-/m1/s1. The molecule has 1 aliphatic carbocycles. The Morgan fingerprint density at radius 3 is 2.56 bits per heavy atom. The van der Waals surface area contributed by atoms with Crippen molar-refractivity contribution < 1.29 is 20.1 Å².